The normalized spacial score (nSPS) is 20.5. The Morgan fingerprint density at radius 2 is 1.39 bits per heavy atom. The fourth-order valence-electron chi connectivity index (χ4n) is 2.72. The van der Waals surface area contributed by atoms with Crippen molar-refractivity contribution in [2.45, 2.75) is 96.4 Å². The van der Waals surface area contributed by atoms with Crippen LogP contribution in [0.4, 0.5) is 0 Å². The van der Waals surface area contributed by atoms with Gasteiger partial charge >= 0.3 is 0 Å². The lowest BCUT2D eigenvalue weighted by Crippen LogP contribution is -2.54. The summed E-state index contributed by atoms with van der Waals surface area (Å²) in [6.45, 7) is 24.8. The van der Waals surface area contributed by atoms with Crippen molar-refractivity contribution in [1.29, 1.82) is 0 Å². The van der Waals surface area contributed by atoms with Crippen LogP contribution in [0.2, 0.25) is 36.3 Å². The zero-order valence-electron chi connectivity index (χ0n) is 21.4. The minimum absolute atomic E-state index is 0.0248. The van der Waals surface area contributed by atoms with E-state index in [9.17, 15) is 0 Å². The molecule has 0 spiro atoms. The molecule has 1 aromatic rings. The highest BCUT2D eigenvalue weighted by Crippen LogP contribution is 2.38. The van der Waals surface area contributed by atoms with Gasteiger partial charge in [-0.1, -0.05) is 53.7 Å². The summed E-state index contributed by atoms with van der Waals surface area (Å²) in [5, 5.41) is 0.456. The van der Waals surface area contributed by atoms with E-state index in [0.717, 1.165) is 24.3 Å². The van der Waals surface area contributed by atoms with Gasteiger partial charge in [0.25, 0.3) is 0 Å². The summed E-state index contributed by atoms with van der Waals surface area (Å²) in [5.41, 5.74) is 4.21. The Morgan fingerprint density at radius 1 is 0.839 bits per heavy atom. The third-order valence-electron chi connectivity index (χ3n) is 7.18. The number of rotatable bonds is 10. The van der Waals surface area contributed by atoms with Crippen LogP contribution in [-0.2, 0) is 13.7 Å². The van der Waals surface area contributed by atoms with Gasteiger partial charge in [0.2, 0.25) is 0 Å². The number of ether oxygens (including phenoxy) is 1. The molecular weight excluding hydrogens is 422 g/mol. The van der Waals surface area contributed by atoms with Crippen molar-refractivity contribution in [1.82, 2.24) is 5.48 Å². The summed E-state index contributed by atoms with van der Waals surface area (Å²) in [7, 11) is -3.43. The Labute approximate surface area is 192 Å². The van der Waals surface area contributed by atoms with Crippen molar-refractivity contribution in [2.75, 3.05) is 19.8 Å². The molecule has 178 valence electrons. The zero-order valence-corrected chi connectivity index (χ0v) is 23.4. The second-order valence-corrected chi connectivity index (χ2v) is 21.3. The van der Waals surface area contributed by atoms with Crippen LogP contribution in [0.25, 0.3) is 0 Å². The molecule has 0 aliphatic carbocycles. The van der Waals surface area contributed by atoms with Crippen LogP contribution in [0.15, 0.2) is 24.3 Å². The minimum Gasteiger partial charge on any atom is -0.494 e. The number of nitrogens with one attached hydrogen (secondary N) is 1. The molecule has 7 heteroatoms. The van der Waals surface area contributed by atoms with E-state index in [1.54, 1.807) is 0 Å². The van der Waals surface area contributed by atoms with Crippen LogP contribution in [0.1, 0.15) is 59.6 Å². The quantitative estimate of drug-likeness (QED) is 0.317. The average molecular weight is 468 g/mol. The molecule has 0 saturated carbocycles. The lowest BCUT2D eigenvalue weighted by molar-refractivity contribution is -0.182. The van der Waals surface area contributed by atoms with Gasteiger partial charge in [-0.05, 0) is 54.0 Å². The Hall–Kier alpha value is -0.706. The molecule has 1 N–H and O–H groups in total. The van der Waals surface area contributed by atoms with Crippen molar-refractivity contribution >= 4 is 16.6 Å². The molecule has 2 atom stereocenters. The molecule has 1 aliphatic rings. The Kier molecular flexibility index (Phi) is 8.61. The maximum atomic E-state index is 6.36. The van der Waals surface area contributed by atoms with Crippen LogP contribution in [0.5, 0.6) is 5.75 Å². The summed E-state index contributed by atoms with van der Waals surface area (Å²) in [5.74, 6) is 0.887. The molecule has 1 heterocycles. The summed E-state index contributed by atoms with van der Waals surface area (Å²) in [6.07, 6.45) is 0.924. The van der Waals surface area contributed by atoms with Gasteiger partial charge in [-0.15, -0.1) is 0 Å². The lowest BCUT2D eigenvalue weighted by Gasteiger charge is -2.42. The predicted molar refractivity (Wildman–Crippen MR) is 134 cm³/mol. The highest BCUT2D eigenvalue weighted by atomic mass is 28.4. The monoisotopic (exact) mass is 467 g/mol. The topological polar surface area (TPSA) is 49.0 Å². The van der Waals surface area contributed by atoms with E-state index >= 15 is 0 Å². The Balaban J connectivity index is 1.75. The van der Waals surface area contributed by atoms with Crippen molar-refractivity contribution in [3.8, 4) is 5.75 Å². The molecule has 31 heavy (non-hydrogen) atoms. The molecule has 1 aliphatic heterocycles. The van der Waals surface area contributed by atoms with Gasteiger partial charge < -0.3 is 13.6 Å². The van der Waals surface area contributed by atoms with Crippen molar-refractivity contribution in [2.24, 2.45) is 0 Å². The molecule has 0 amide bonds. The summed E-state index contributed by atoms with van der Waals surface area (Å²) < 4.78 is 18.5. The number of hydroxylamine groups is 1. The van der Waals surface area contributed by atoms with E-state index < -0.39 is 16.6 Å². The fourth-order valence-corrected chi connectivity index (χ4v) is 4.83. The fraction of sp³-hybridized carbons (Fsp3) is 0.750. The second kappa shape index (κ2) is 10.1. The SMILES string of the molecule is CC(C)(C)[Si](C)(C)OCCCOc1ccc([C@@H]2ON[C@H]2CO[Si](C)(C)C(C)(C)C)cc1. The number of hydrogen-bond acceptors (Lipinski definition) is 5. The van der Waals surface area contributed by atoms with E-state index in [-0.39, 0.29) is 22.2 Å². The van der Waals surface area contributed by atoms with Gasteiger partial charge in [-0.25, -0.2) is 0 Å². The number of hydrogen-bond donors (Lipinski definition) is 1. The lowest BCUT2D eigenvalue weighted by atomic mass is 10.0. The molecule has 0 unspecified atom stereocenters. The third-order valence-corrected chi connectivity index (χ3v) is 16.2. The standard InChI is InChI=1S/C24H45NO4Si2/c1-23(2,3)30(7,8)27-17-11-16-26-20-14-12-19(13-15-20)22-21(25-29-22)18-28-31(9,10)24(4,5)6/h12-15,21-22,25H,11,16-18H2,1-10H3/t21-,22-/m0/s1. The van der Waals surface area contributed by atoms with Crippen LogP contribution in [0.3, 0.4) is 0 Å². The van der Waals surface area contributed by atoms with E-state index in [2.05, 4.69) is 85.3 Å². The van der Waals surface area contributed by atoms with Gasteiger partial charge in [-0.3, -0.25) is 4.84 Å². The first-order valence-corrected chi connectivity index (χ1v) is 17.4. The smallest absolute Gasteiger partial charge is 0.192 e. The average Bonchev–Trinajstić information content (AvgIpc) is 2.60. The van der Waals surface area contributed by atoms with Crippen molar-refractivity contribution in [3.63, 3.8) is 0 Å². The second-order valence-electron chi connectivity index (χ2n) is 11.7. The molecular formula is C24H45NO4Si2. The molecule has 1 aromatic carbocycles. The van der Waals surface area contributed by atoms with Crippen LogP contribution < -0.4 is 10.2 Å². The molecule has 1 saturated heterocycles. The molecule has 0 bridgehead atoms. The zero-order chi connectivity index (χ0) is 23.5. The first-order chi connectivity index (χ1) is 14.1. The van der Waals surface area contributed by atoms with E-state index in [1.807, 2.05) is 12.1 Å². The van der Waals surface area contributed by atoms with E-state index in [1.165, 1.54) is 0 Å². The van der Waals surface area contributed by atoms with Crippen LogP contribution in [-0.4, -0.2) is 42.5 Å². The van der Waals surface area contributed by atoms with Gasteiger partial charge in [0, 0.05) is 13.0 Å². The van der Waals surface area contributed by atoms with Crippen LogP contribution in [0, 0.1) is 0 Å². The number of benzene rings is 1. The Bertz CT molecular complexity index is 693. The molecule has 1 fully saturated rings. The minimum atomic E-state index is -1.76. The third kappa shape index (κ3) is 7.14. The highest BCUT2D eigenvalue weighted by molar-refractivity contribution is 6.74. The van der Waals surface area contributed by atoms with Gasteiger partial charge in [0.05, 0.1) is 19.3 Å². The highest BCUT2D eigenvalue weighted by Gasteiger charge is 2.41. The largest absolute Gasteiger partial charge is 0.494 e. The van der Waals surface area contributed by atoms with E-state index in [4.69, 9.17) is 18.4 Å². The maximum absolute atomic E-state index is 6.36. The first-order valence-electron chi connectivity index (χ1n) is 11.6. The Morgan fingerprint density at radius 3 is 1.87 bits per heavy atom. The predicted octanol–water partition coefficient (Wildman–Crippen LogP) is 6.44. The van der Waals surface area contributed by atoms with E-state index in [0.29, 0.717) is 13.2 Å². The van der Waals surface area contributed by atoms with Crippen LogP contribution >= 0.6 is 0 Å². The summed E-state index contributed by atoms with van der Waals surface area (Å²) in [6, 6.07) is 8.42. The summed E-state index contributed by atoms with van der Waals surface area (Å²) in [4.78, 5) is 5.62. The van der Waals surface area contributed by atoms with Gasteiger partial charge in [-0.2, -0.15) is 5.48 Å². The molecule has 5 nitrogen and oxygen atoms in total. The first kappa shape index (κ1) is 26.5. The molecule has 0 aromatic heterocycles. The van der Waals surface area contributed by atoms with Crippen molar-refractivity contribution < 1.29 is 18.4 Å². The van der Waals surface area contributed by atoms with Gasteiger partial charge in [0.15, 0.2) is 16.6 Å². The summed E-state index contributed by atoms with van der Waals surface area (Å²) >= 11 is 0. The maximum Gasteiger partial charge on any atom is 0.192 e. The van der Waals surface area contributed by atoms with Crippen molar-refractivity contribution in [3.05, 3.63) is 29.8 Å². The van der Waals surface area contributed by atoms with Gasteiger partial charge in [0.1, 0.15) is 11.9 Å². The molecule has 2 rings (SSSR count). The molecule has 0 radical (unpaired) electrons.